The molecule has 0 saturated heterocycles. The van der Waals surface area contributed by atoms with Crippen molar-refractivity contribution in [1.29, 1.82) is 0 Å². The standard InChI is InChI=1S/C15H12FNO3/c1-9-6-7-13(18)11(8-9)15(20)17-14(19)10-4-2-3-5-12(10)16/h2-8,18H,1H3,(H,17,19,20). The Balaban J connectivity index is 2.22. The van der Waals surface area contributed by atoms with Crippen LogP contribution < -0.4 is 5.32 Å². The van der Waals surface area contributed by atoms with Gasteiger partial charge in [0.1, 0.15) is 11.6 Å². The lowest BCUT2D eigenvalue weighted by atomic mass is 10.1. The predicted molar refractivity (Wildman–Crippen MR) is 71.0 cm³/mol. The van der Waals surface area contributed by atoms with Crippen LogP contribution in [0.2, 0.25) is 0 Å². The molecule has 0 spiro atoms. The van der Waals surface area contributed by atoms with Gasteiger partial charge in [-0.2, -0.15) is 0 Å². The van der Waals surface area contributed by atoms with Crippen LogP contribution in [0.1, 0.15) is 26.3 Å². The van der Waals surface area contributed by atoms with Gasteiger partial charge in [-0.1, -0.05) is 23.8 Å². The van der Waals surface area contributed by atoms with Crippen LogP contribution in [0.3, 0.4) is 0 Å². The summed E-state index contributed by atoms with van der Waals surface area (Å²) in [6.07, 6.45) is 0. The third-order valence-corrected chi connectivity index (χ3v) is 2.74. The van der Waals surface area contributed by atoms with Gasteiger partial charge in [0.15, 0.2) is 0 Å². The molecule has 0 radical (unpaired) electrons. The van der Waals surface area contributed by atoms with E-state index in [1.165, 1.54) is 30.3 Å². The molecule has 4 nitrogen and oxygen atoms in total. The number of nitrogens with one attached hydrogen (secondary N) is 1. The zero-order valence-corrected chi connectivity index (χ0v) is 10.7. The highest BCUT2D eigenvalue weighted by molar-refractivity contribution is 6.11. The normalized spacial score (nSPS) is 10.1. The minimum Gasteiger partial charge on any atom is -0.507 e. The summed E-state index contributed by atoms with van der Waals surface area (Å²) < 4.78 is 13.4. The minimum absolute atomic E-state index is 0.0327. The topological polar surface area (TPSA) is 66.4 Å². The van der Waals surface area contributed by atoms with Crippen molar-refractivity contribution in [1.82, 2.24) is 5.32 Å². The Morgan fingerprint density at radius 3 is 2.40 bits per heavy atom. The Hall–Kier alpha value is -2.69. The molecule has 2 aromatic rings. The molecule has 0 aliphatic heterocycles. The largest absolute Gasteiger partial charge is 0.507 e. The molecule has 0 heterocycles. The molecular weight excluding hydrogens is 261 g/mol. The monoisotopic (exact) mass is 273 g/mol. The summed E-state index contributed by atoms with van der Waals surface area (Å²) >= 11 is 0. The maximum Gasteiger partial charge on any atom is 0.261 e. The molecule has 0 aromatic heterocycles. The second kappa shape index (κ2) is 5.52. The fraction of sp³-hybridized carbons (Fsp3) is 0.0667. The van der Waals surface area contributed by atoms with Crippen LogP contribution in [0.5, 0.6) is 5.75 Å². The van der Waals surface area contributed by atoms with E-state index in [2.05, 4.69) is 0 Å². The van der Waals surface area contributed by atoms with Crippen molar-refractivity contribution in [2.75, 3.05) is 0 Å². The summed E-state index contributed by atoms with van der Waals surface area (Å²) in [5, 5.41) is 11.6. The van der Waals surface area contributed by atoms with E-state index in [1.54, 1.807) is 13.0 Å². The van der Waals surface area contributed by atoms with Gasteiger partial charge in [0.05, 0.1) is 11.1 Å². The maximum absolute atomic E-state index is 13.4. The number of phenolic OH excluding ortho intramolecular Hbond substituents is 1. The van der Waals surface area contributed by atoms with E-state index in [9.17, 15) is 19.1 Å². The van der Waals surface area contributed by atoms with Crippen LogP contribution >= 0.6 is 0 Å². The molecule has 5 heteroatoms. The van der Waals surface area contributed by atoms with Crippen LogP contribution in [0.25, 0.3) is 0 Å². The first-order chi connectivity index (χ1) is 9.49. The molecule has 0 aliphatic carbocycles. The molecule has 0 atom stereocenters. The van der Waals surface area contributed by atoms with Crippen molar-refractivity contribution in [3.05, 3.63) is 65.0 Å². The second-order valence-electron chi connectivity index (χ2n) is 4.28. The average Bonchev–Trinajstić information content (AvgIpc) is 2.41. The predicted octanol–water partition coefficient (Wildman–Crippen LogP) is 2.41. The first kappa shape index (κ1) is 13.7. The number of carbonyl (C=O) groups is 2. The molecule has 0 unspecified atom stereocenters. The maximum atomic E-state index is 13.4. The highest BCUT2D eigenvalue weighted by Crippen LogP contribution is 2.18. The fourth-order valence-electron chi connectivity index (χ4n) is 1.71. The molecule has 0 bridgehead atoms. The van der Waals surface area contributed by atoms with Crippen molar-refractivity contribution >= 4 is 11.8 Å². The van der Waals surface area contributed by atoms with E-state index < -0.39 is 17.6 Å². The number of amides is 2. The number of rotatable bonds is 2. The SMILES string of the molecule is Cc1ccc(O)c(C(=O)NC(=O)c2ccccc2F)c1. The Morgan fingerprint density at radius 2 is 1.70 bits per heavy atom. The molecule has 2 N–H and O–H groups in total. The Kier molecular flexibility index (Phi) is 3.79. The number of halogens is 1. The molecule has 2 rings (SSSR count). The first-order valence-electron chi connectivity index (χ1n) is 5.89. The summed E-state index contributed by atoms with van der Waals surface area (Å²) in [6, 6.07) is 9.77. The van der Waals surface area contributed by atoms with Crippen LogP contribution in [-0.2, 0) is 0 Å². The lowest BCUT2D eigenvalue weighted by Gasteiger charge is -2.07. The number of aromatic hydroxyl groups is 1. The number of hydrogen-bond donors (Lipinski definition) is 2. The summed E-state index contributed by atoms with van der Waals surface area (Å²) in [4.78, 5) is 23.7. The molecule has 20 heavy (non-hydrogen) atoms. The van der Waals surface area contributed by atoms with E-state index in [4.69, 9.17) is 0 Å². The van der Waals surface area contributed by atoms with Gasteiger partial charge in [-0.25, -0.2) is 4.39 Å². The number of benzene rings is 2. The molecule has 2 amide bonds. The smallest absolute Gasteiger partial charge is 0.261 e. The lowest BCUT2D eigenvalue weighted by molar-refractivity contribution is 0.0846. The van der Waals surface area contributed by atoms with Gasteiger partial charge < -0.3 is 5.11 Å². The summed E-state index contributed by atoms with van der Waals surface area (Å²) in [7, 11) is 0. The molecule has 102 valence electrons. The van der Waals surface area contributed by atoms with Gasteiger partial charge in [-0.15, -0.1) is 0 Å². The van der Waals surface area contributed by atoms with Crippen molar-refractivity contribution in [2.45, 2.75) is 6.92 Å². The number of carbonyl (C=O) groups excluding carboxylic acids is 2. The highest BCUT2D eigenvalue weighted by atomic mass is 19.1. The zero-order chi connectivity index (χ0) is 14.7. The summed E-state index contributed by atoms with van der Waals surface area (Å²) in [6.45, 7) is 1.74. The Labute approximate surface area is 114 Å². The number of imide groups is 1. The highest BCUT2D eigenvalue weighted by Gasteiger charge is 2.17. The number of phenols is 1. The fourth-order valence-corrected chi connectivity index (χ4v) is 1.71. The minimum atomic E-state index is -0.853. The van der Waals surface area contributed by atoms with E-state index in [-0.39, 0.29) is 16.9 Å². The van der Waals surface area contributed by atoms with E-state index in [0.29, 0.717) is 0 Å². The Bertz CT molecular complexity index is 683. The third-order valence-electron chi connectivity index (χ3n) is 2.74. The van der Waals surface area contributed by atoms with Crippen molar-refractivity contribution in [3.63, 3.8) is 0 Å². The molecule has 2 aromatic carbocycles. The van der Waals surface area contributed by atoms with Crippen LogP contribution in [0.15, 0.2) is 42.5 Å². The van der Waals surface area contributed by atoms with Crippen LogP contribution in [0.4, 0.5) is 4.39 Å². The number of aryl methyl sites for hydroxylation is 1. The molecule has 0 saturated carbocycles. The van der Waals surface area contributed by atoms with E-state index >= 15 is 0 Å². The lowest BCUT2D eigenvalue weighted by Crippen LogP contribution is -2.31. The molecule has 0 fully saturated rings. The van der Waals surface area contributed by atoms with Crippen molar-refractivity contribution in [3.8, 4) is 5.75 Å². The summed E-state index contributed by atoms with van der Waals surface area (Å²) in [5.41, 5.74) is 0.494. The zero-order valence-electron chi connectivity index (χ0n) is 10.7. The van der Waals surface area contributed by atoms with Gasteiger partial charge in [0.25, 0.3) is 11.8 Å². The van der Waals surface area contributed by atoms with Gasteiger partial charge >= 0.3 is 0 Å². The number of hydrogen-bond acceptors (Lipinski definition) is 3. The van der Waals surface area contributed by atoms with Gasteiger partial charge in [0, 0.05) is 0 Å². The average molecular weight is 273 g/mol. The van der Waals surface area contributed by atoms with Crippen molar-refractivity contribution in [2.24, 2.45) is 0 Å². The van der Waals surface area contributed by atoms with Crippen molar-refractivity contribution < 1.29 is 19.1 Å². The van der Waals surface area contributed by atoms with Gasteiger partial charge in [-0.3, -0.25) is 14.9 Å². The van der Waals surface area contributed by atoms with Crippen LogP contribution in [0, 0.1) is 12.7 Å². The van der Waals surface area contributed by atoms with E-state index in [0.717, 1.165) is 11.6 Å². The Morgan fingerprint density at radius 1 is 1.05 bits per heavy atom. The second-order valence-corrected chi connectivity index (χ2v) is 4.28. The first-order valence-corrected chi connectivity index (χ1v) is 5.89. The van der Waals surface area contributed by atoms with Gasteiger partial charge in [0.2, 0.25) is 0 Å². The molecular formula is C15H12FNO3. The van der Waals surface area contributed by atoms with Crippen LogP contribution in [-0.4, -0.2) is 16.9 Å². The van der Waals surface area contributed by atoms with E-state index in [1.807, 2.05) is 5.32 Å². The quantitative estimate of drug-likeness (QED) is 0.826. The van der Waals surface area contributed by atoms with Gasteiger partial charge in [-0.05, 0) is 31.2 Å². The third kappa shape index (κ3) is 2.83. The molecule has 0 aliphatic rings. The summed E-state index contributed by atoms with van der Waals surface area (Å²) in [5.74, 6) is -2.59.